The molecule has 0 aliphatic carbocycles. The van der Waals surface area contributed by atoms with Crippen LogP contribution in [0.2, 0.25) is 0 Å². The Morgan fingerprint density at radius 3 is 2.43 bits per heavy atom. The van der Waals surface area contributed by atoms with Crippen LogP contribution in [0.15, 0.2) is 53.7 Å². The third kappa shape index (κ3) is 3.11. The zero-order valence-electron chi connectivity index (χ0n) is 15.9. The molecule has 6 nitrogen and oxygen atoms in total. The van der Waals surface area contributed by atoms with E-state index in [4.69, 9.17) is 4.74 Å². The van der Waals surface area contributed by atoms with E-state index in [2.05, 4.69) is 10.1 Å². The Morgan fingerprint density at radius 1 is 0.933 bits per heavy atom. The Balaban J connectivity index is 1.59. The lowest BCUT2D eigenvalue weighted by Crippen LogP contribution is -2.36. The number of rotatable bonds is 3. The van der Waals surface area contributed by atoms with Gasteiger partial charge in [-0.15, -0.1) is 0 Å². The van der Waals surface area contributed by atoms with Crippen LogP contribution in [0.1, 0.15) is 11.7 Å². The van der Waals surface area contributed by atoms with Crippen LogP contribution in [0, 0.1) is 17.5 Å². The fourth-order valence-corrected chi connectivity index (χ4v) is 3.85. The van der Waals surface area contributed by atoms with Crippen LogP contribution >= 0.6 is 0 Å². The fourth-order valence-electron chi connectivity index (χ4n) is 3.85. The second-order valence-electron chi connectivity index (χ2n) is 7.01. The van der Waals surface area contributed by atoms with Gasteiger partial charge in [0.2, 0.25) is 0 Å². The Morgan fingerprint density at radius 2 is 1.70 bits per heavy atom. The first-order chi connectivity index (χ1) is 14.6. The molecule has 30 heavy (non-hydrogen) atoms. The maximum atomic E-state index is 15.1. The topological polar surface area (TPSA) is 45.9 Å². The van der Waals surface area contributed by atoms with Crippen LogP contribution in [0.4, 0.5) is 30.4 Å². The average molecular weight is 413 g/mol. The molecule has 5 rings (SSSR count). The number of ether oxygens (including phenoxy) is 1. The van der Waals surface area contributed by atoms with Gasteiger partial charge in [-0.3, -0.25) is 4.90 Å². The normalized spacial score (nSPS) is 18.6. The second kappa shape index (κ2) is 7.49. The third-order valence-electron chi connectivity index (χ3n) is 5.28. The van der Waals surface area contributed by atoms with E-state index >= 15 is 4.39 Å². The molecule has 0 spiro atoms. The SMILES string of the molecule is Fc1cc(N2c3ccnn3C=NC2c2c(F)cccc2F)ccc1N1CCOCC1. The molecule has 1 unspecified atom stereocenters. The van der Waals surface area contributed by atoms with Gasteiger partial charge in [-0.05, 0) is 30.3 Å². The number of aromatic nitrogens is 2. The first kappa shape index (κ1) is 18.7. The van der Waals surface area contributed by atoms with E-state index in [1.807, 2.05) is 4.90 Å². The number of fused-ring (bicyclic) bond motifs is 1. The van der Waals surface area contributed by atoms with E-state index in [0.29, 0.717) is 43.5 Å². The first-order valence-electron chi connectivity index (χ1n) is 9.55. The number of nitrogens with zero attached hydrogens (tertiary/aromatic N) is 5. The molecule has 3 heterocycles. The smallest absolute Gasteiger partial charge is 0.160 e. The Labute approximate surface area is 170 Å². The number of hydrogen-bond donors (Lipinski definition) is 0. The van der Waals surface area contributed by atoms with Crippen LogP contribution in [0.25, 0.3) is 0 Å². The summed E-state index contributed by atoms with van der Waals surface area (Å²) in [6, 6.07) is 10.1. The van der Waals surface area contributed by atoms with Gasteiger partial charge in [-0.25, -0.2) is 22.8 Å². The maximum absolute atomic E-state index is 15.1. The molecule has 0 radical (unpaired) electrons. The highest BCUT2D eigenvalue weighted by Gasteiger charge is 2.32. The lowest BCUT2D eigenvalue weighted by molar-refractivity contribution is 0.122. The zero-order valence-corrected chi connectivity index (χ0v) is 15.9. The highest BCUT2D eigenvalue weighted by molar-refractivity contribution is 5.75. The standard InChI is InChI=1S/C21H18F3N5O/c22-15-2-1-3-16(23)20(15)21-25-13-28-19(6-7-26-28)29(21)14-4-5-18(17(24)12-14)27-8-10-30-11-9-27/h1-7,12-13,21H,8-11H2. The van der Waals surface area contributed by atoms with Crippen LogP contribution in [0.3, 0.4) is 0 Å². The van der Waals surface area contributed by atoms with E-state index in [-0.39, 0.29) is 5.56 Å². The van der Waals surface area contributed by atoms with Gasteiger partial charge in [0.25, 0.3) is 0 Å². The summed E-state index contributed by atoms with van der Waals surface area (Å²) >= 11 is 0. The predicted molar refractivity (Wildman–Crippen MR) is 107 cm³/mol. The molecule has 0 saturated carbocycles. The molecule has 1 saturated heterocycles. The van der Waals surface area contributed by atoms with Crippen molar-refractivity contribution in [1.29, 1.82) is 0 Å². The van der Waals surface area contributed by atoms with Crippen LogP contribution in [-0.4, -0.2) is 42.4 Å². The lowest BCUT2D eigenvalue weighted by atomic mass is 10.1. The minimum Gasteiger partial charge on any atom is -0.378 e. The van der Waals surface area contributed by atoms with Crippen LogP contribution in [-0.2, 0) is 4.74 Å². The van der Waals surface area contributed by atoms with E-state index in [1.54, 1.807) is 29.3 Å². The molecular formula is C21H18F3N5O. The highest BCUT2D eigenvalue weighted by Crippen LogP contribution is 2.40. The van der Waals surface area contributed by atoms with Crippen molar-refractivity contribution in [3.05, 3.63) is 71.7 Å². The number of anilines is 3. The van der Waals surface area contributed by atoms with Crippen molar-refractivity contribution in [3.8, 4) is 0 Å². The molecule has 3 aromatic rings. The third-order valence-corrected chi connectivity index (χ3v) is 5.28. The quantitative estimate of drug-likeness (QED) is 0.654. The van der Waals surface area contributed by atoms with Gasteiger partial charge >= 0.3 is 0 Å². The van der Waals surface area contributed by atoms with E-state index in [0.717, 1.165) is 0 Å². The number of hydrogen-bond acceptors (Lipinski definition) is 5. The fraction of sp³-hybridized carbons (Fsp3) is 0.238. The Bertz CT molecular complexity index is 1090. The van der Waals surface area contributed by atoms with Gasteiger partial charge in [0.1, 0.15) is 29.6 Å². The Hall–Kier alpha value is -3.33. The summed E-state index contributed by atoms with van der Waals surface area (Å²) in [6.45, 7) is 2.27. The van der Waals surface area contributed by atoms with E-state index in [1.165, 1.54) is 35.3 Å². The van der Waals surface area contributed by atoms with Gasteiger partial charge in [-0.2, -0.15) is 5.10 Å². The first-order valence-corrected chi connectivity index (χ1v) is 9.55. The minimum absolute atomic E-state index is 0.209. The summed E-state index contributed by atoms with van der Waals surface area (Å²) in [5.74, 6) is -1.35. The van der Waals surface area contributed by atoms with Gasteiger partial charge in [0.15, 0.2) is 6.17 Å². The second-order valence-corrected chi connectivity index (χ2v) is 7.01. The molecule has 1 aromatic heterocycles. The summed E-state index contributed by atoms with van der Waals surface area (Å²) in [5.41, 5.74) is 0.666. The van der Waals surface area contributed by atoms with Gasteiger partial charge < -0.3 is 9.64 Å². The minimum atomic E-state index is -1.04. The van der Waals surface area contributed by atoms with E-state index < -0.39 is 23.6 Å². The largest absolute Gasteiger partial charge is 0.378 e. The molecule has 1 atom stereocenters. The van der Waals surface area contributed by atoms with Gasteiger partial charge in [0.05, 0.1) is 30.7 Å². The van der Waals surface area contributed by atoms with Crippen molar-refractivity contribution in [1.82, 2.24) is 9.78 Å². The zero-order chi connectivity index (χ0) is 20.7. The summed E-state index contributed by atoms with van der Waals surface area (Å²) in [6.07, 6.45) is 1.91. The van der Waals surface area contributed by atoms with Gasteiger partial charge in [0, 0.05) is 24.8 Å². The van der Waals surface area contributed by atoms with E-state index in [9.17, 15) is 8.78 Å². The molecule has 2 aromatic carbocycles. The molecule has 0 amide bonds. The molecule has 2 aliphatic heterocycles. The summed E-state index contributed by atoms with van der Waals surface area (Å²) < 4.78 is 51.0. The summed E-state index contributed by atoms with van der Waals surface area (Å²) in [5, 5.41) is 4.14. The predicted octanol–water partition coefficient (Wildman–Crippen LogP) is 3.86. The van der Waals surface area contributed by atoms with Crippen molar-refractivity contribution in [2.75, 3.05) is 36.1 Å². The van der Waals surface area contributed by atoms with Crippen molar-refractivity contribution in [2.45, 2.75) is 6.17 Å². The van der Waals surface area contributed by atoms with Crippen molar-refractivity contribution >= 4 is 23.5 Å². The molecule has 9 heteroatoms. The molecular weight excluding hydrogens is 395 g/mol. The number of halogens is 3. The van der Waals surface area contributed by atoms with Crippen LogP contribution < -0.4 is 9.80 Å². The molecule has 0 bridgehead atoms. The monoisotopic (exact) mass is 413 g/mol. The lowest BCUT2D eigenvalue weighted by Gasteiger charge is -2.34. The number of benzene rings is 2. The van der Waals surface area contributed by atoms with Crippen molar-refractivity contribution < 1.29 is 17.9 Å². The molecule has 1 fully saturated rings. The summed E-state index contributed by atoms with van der Waals surface area (Å²) in [4.78, 5) is 7.79. The number of morpholine rings is 1. The molecule has 0 N–H and O–H groups in total. The molecule has 154 valence electrons. The Kier molecular flexibility index (Phi) is 4.66. The molecule has 2 aliphatic rings. The van der Waals surface area contributed by atoms with Crippen LogP contribution in [0.5, 0.6) is 0 Å². The van der Waals surface area contributed by atoms with Crippen molar-refractivity contribution in [2.24, 2.45) is 4.99 Å². The highest BCUT2D eigenvalue weighted by atomic mass is 19.1. The van der Waals surface area contributed by atoms with Crippen molar-refractivity contribution in [3.63, 3.8) is 0 Å². The summed E-state index contributed by atoms with van der Waals surface area (Å²) in [7, 11) is 0. The average Bonchev–Trinajstić information content (AvgIpc) is 3.23. The maximum Gasteiger partial charge on any atom is 0.160 e. The number of aliphatic imine (C=N–C) groups is 1. The van der Waals surface area contributed by atoms with Gasteiger partial charge in [-0.1, -0.05) is 6.07 Å².